The van der Waals surface area contributed by atoms with Crippen LogP contribution in [0.4, 0.5) is 10.5 Å². The number of aryl methyl sites for hydroxylation is 1. The molecule has 0 spiro atoms. The summed E-state index contributed by atoms with van der Waals surface area (Å²) in [7, 11) is 0. The van der Waals surface area contributed by atoms with Gasteiger partial charge >= 0.3 is 6.03 Å². The molecule has 0 saturated carbocycles. The normalized spacial score (nSPS) is 19.6. The minimum Gasteiger partial charge on any atom is -0.492 e. The summed E-state index contributed by atoms with van der Waals surface area (Å²) in [5, 5.41) is 12.7. The van der Waals surface area contributed by atoms with Crippen LogP contribution >= 0.6 is 0 Å². The van der Waals surface area contributed by atoms with Crippen LogP contribution in [0.25, 0.3) is 0 Å². The zero-order valence-corrected chi connectivity index (χ0v) is 13.6. The Bertz CT molecular complexity index is 517. The Morgan fingerprint density at radius 3 is 3.00 bits per heavy atom. The molecule has 1 aliphatic rings. The van der Waals surface area contributed by atoms with Crippen molar-refractivity contribution in [2.45, 2.75) is 39.7 Å². The molecule has 5 heteroatoms. The number of aliphatic hydroxyl groups is 1. The van der Waals surface area contributed by atoms with Crippen molar-refractivity contribution in [3.63, 3.8) is 0 Å². The van der Waals surface area contributed by atoms with Crippen molar-refractivity contribution >= 4 is 11.7 Å². The van der Waals surface area contributed by atoms with E-state index < -0.39 is 0 Å². The molecule has 2 atom stereocenters. The molecule has 1 aromatic rings. The van der Waals surface area contributed by atoms with Crippen LogP contribution in [0.2, 0.25) is 0 Å². The first-order valence-electron chi connectivity index (χ1n) is 7.98. The van der Waals surface area contributed by atoms with Gasteiger partial charge in [0.25, 0.3) is 0 Å². The molecule has 0 aliphatic carbocycles. The molecular weight excluding hydrogens is 280 g/mol. The highest BCUT2D eigenvalue weighted by Crippen LogP contribution is 2.27. The molecule has 2 amide bonds. The third-order valence-corrected chi connectivity index (χ3v) is 4.11. The van der Waals surface area contributed by atoms with E-state index in [4.69, 9.17) is 4.74 Å². The molecule has 1 aliphatic heterocycles. The molecule has 1 aromatic carbocycles. The summed E-state index contributed by atoms with van der Waals surface area (Å²) in [5.74, 6) is 0.851. The van der Waals surface area contributed by atoms with Gasteiger partial charge in [0.05, 0.1) is 18.4 Å². The highest BCUT2D eigenvalue weighted by Gasteiger charge is 2.26. The molecule has 1 fully saturated rings. The number of likely N-dealkylation sites (tertiary alicyclic amines) is 1. The van der Waals surface area contributed by atoms with Gasteiger partial charge in [0.2, 0.25) is 0 Å². The highest BCUT2D eigenvalue weighted by atomic mass is 16.5. The van der Waals surface area contributed by atoms with Crippen LogP contribution in [0.1, 0.15) is 32.3 Å². The number of urea groups is 1. The van der Waals surface area contributed by atoms with E-state index in [2.05, 4.69) is 5.32 Å². The van der Waals surface area contributed by atoms with Crippen molar-refractivity contribution in [3.05, 3.63) is 23.8 Å². The predicted octanol–water partition coefficient (Wildman–Crippen LogP) is 3.02. The van der Waals surface area contributed by atoms with Crippen LogP contribution in [0.5, 0.6) is 5.75 Å². The monoisotopic (exact) mass is 306 g/mol. The third kappa shape index (κ3) is 4.13. The molecule has 0 radical (unpaired) electrons. The lowest BCUT2D eigenvalue weighted by Gasteiger charge is -2.34. The smallest absolute Gasteiger partial charge is 0.321 e. The van der Waals surface area contributed by atoms with Gasteiger partial charge in [0, 0.05) is 19.0 Å². The standard InChI is InChI=1S/C17H26N2O3/c1-4-22-16-10-12(2)7-8-15(16)18-17(21)19-9-5-6-14(11-19)13(3)20/h7-8,10,13-14,20H,4-6,9,11H2,1-3H3,(H,18,21). The molecule has 5 nitrogen and oxygen atoms in total. The fourth-order valence-electron chi connectivity index (χ4n) is 2.79. The molecule has 1 saturated heterocycles. The van der Waals surface area contributed by atoms with Crippen molar-refractivity contribution in [1.82, 2.24) is 4.90 Å². The van der Waals surface area contributed by atoms with E-state index in [1.165, 1.54) is 0 Å². The van der Waals surface area contributed by atoms with Crippen LogP contribution < -0.4 is 10.1 Å². The Morgan fingerprint density at radius 2 is 2.32 bits per heavy atom. The molecule has 0 aromatic heterocycles. The van der Waals surface area contributed by atoms with Gasteiger partial charge in [-0.2, -0.15) is 0 Å². The highest BCUT2D eigenvalue weighted by molar-refractivity contribution is 5.91. The minimum atomic E-state index is -0.381. The van der Waals surface area contributed by atoms with E-state index >= 15 is 0 Å². The average molecular weight is 306 g/mol. The van der Waals surface area contributed by atoms with Gasteiger partial charge in [0.1, 0.15) is 5.75 Å². The van der Waals surface area contributed by atoms with Crippen molar-refractivity contribution in [3.8, 4) is 5.75 Å². The molecule has 2 unspecified atom stereocenters. The summed E-state index contributed by atoms with van der Waals surface area (Å²) < 4.78 is 5.59. The van der Waals surface area contributed by atoms with Crippen molar-refractivity contribution < 1.29 is 14.6 Å². The Labute approximate surface area is 132 Å². The third-order valence-electron chi connectivity index (χ3n) is 4.11. The summed E-state index contributed by atoms with van der Waals surface area (Å²) in [4.78, 5) is 14.2. The maximum absolute atomic E-state index is 12.5. The zero-order valence-electron chi connectivity index (χ0n) is 13.6. The summed E-state index contributed by atoms with van der Waals surface area (Å²) in [6, 6.07) is 5.62. The number of benzene rings is 1. The van der Waals surface area contributed by atoms with Crippen molar-refractivity contribution in [2.75, 3.05) is 25.0 Å². The van der Waals surface area contributed by atoms with E-state index in [1.54, 1.807) is 11.8 Å². The van der Waals surface area contributed by atoms with E-state index in [0.717, 1.165) is 24.9 Å². The lowest BCUT2D eigenvalue weighted by molar-refractivity contribution is 0.0766. The van der Waals surface area contributed by atoms with Gasteiger partial charge in [-0.1, -0.05) is 6.07 Å². The average Bonchev–Trinajstić information content (AvgIpc) is 2.50. The number of rotatable bonds is 4. The Kier molecular flexibility index (Phi) is 5.66. The van der Waals surface area contributed by atoms with Gasteiger partial charge in [-0.05, 0) is 51.3 Å². The molecular formula is C17H26N2O3. The number of piperidine rings is 1. The number of anilines is 1. The number of nitrogens with zero attached hydrogens (tertiary/aromatic N) is 1. The minimum absolute atomic E-state index is 0.129. The number of nitrogens with one attached hydrogen (secondary N) is 1. The first-order chi connectivity index (χ1) is 10.5. The fraction of sp³-hybridized carbons (Fsp3) is 0.588. The van der Waals surface area contributed by atoms with Gasteiger partial charge in [0.15, 0.2) is 0 Å². The first-order valence-corrected chi connectivity index (χ1v) is 7.98. The van der Waals surface area contributed by atoms with E-state index in [9.17, 15) is 9.90 Å². The van der Waals surface area contributed by atoms with E-state index in [0.29, 0.717) is 24.6 Å². The van der Waals surface area contributed by atoms with Gasteiger partial charge < -0.3 is 20.1 Å². The zero-order chi connectivity index (χ0) is 16.1. The molecule has 2 N–H and O–H groups in total. The van der Waals surface area contributed by atoms with Crippen LogP contribution in [0, 0.1) is 12.8 Å². The molecule has 2 rings (SSSR count). The second kappa shape index (κ2) is 7.49. The largest absolute Gasteiger partial charge is 0.492 e. The first kappa shape index (κ1) is 16.6. The molecule has 1 heterocycles. The van der Waals surface area contributed by atoms with Gasteiger partial charge in [-0.3, -0.25) is 0 Å². The Morgan fingerprint density at radius 1 is 1.55 bits per heavy atom. The summed E-state index contributed by atoms with van der Waals surface area (Å²) in [5.41, 5.74) is 1.78. The maximum atomic E-state index is 12.5. The summed E-state index contributed by atoms with van der Waals surface area (Å²) in [6.45, 7) is 7.58. The number of carbonyl (C=O) groups excluding carboxylic acids is 1. The van der Waals surface area contributed by atoms with Crippen molar-refractivity contribution in [1.29, 1.82) is 0 Å². The molecule has 0 bridgehead atoms. The van der Waals surface area contributed by atoms with Crippen LogP contribution in [-0.4, -0.2) is 41.8 Å². The summed E-state index contributed by atoms with van der Waals surface area (Å²) in [6.07, 6.45) is 1.51. The molecule has 22 heavy (non-hydrogen) atoms. The fourth-order valence-corrected chi connectivity index (χ4v) is 2.79. The second-order valence-corrected chi connectivity index (χ2v) is 5.95. The predicted molar refractivity (Wildman–Crippen MR) is 87.3 cm³/mol. The number of carbonyl (C=O) groups is 1. The van der Waals surface area contributed by atoms with Crippen LogP contribution in [0.15, 0.2) is 18.2 Å². The number of amides is 2. The topological polar surface area (TPSA) is 61.8 Å². The lowest BCUT2D eigenvalue weighted by Crippen LogP contribution is -2.44. The summed E-state index contributed by atoms with van der Waals surface area (Å²) >= 11 is 0. The van der Waals surface area contributed by atoms with E-state index in [-0.39, 0.29) is 18.1 Å². The Balaban J connectivity index is 2.05. The quantitative estimate of drug-likeness (QED) is 0.899. The van der Waals surface area contributed by atoms with E-state index in [1.807, 2.05) is 32.0 Å². The van der Waals surface area contributed by atoms with Crippen molar-refractivity contribution in [2.24, 2.45) is 5.92 Å². The maximum Gasteiger partial charge on any atom is 0.321 e. The molecule has 122 valence electrons. The number of hydrogen-bond acceptors (Lipinski definition) is 3. The Hall–Kier alpha value is -1.75. The van der Waals surface area contributed by atoms with Gasteiger partial charge in [-0.15, -0.1) is 0 Å². The SMILES string of the molecule is CCOc1cc(C)ccc1NC(=O)N1CCCC(C(C)O)C1. The lowest BCUT2D eigenvalue weighted by atomic mass is 9.94. The van der Waals surface area contributed by atoms with Crippen LogP contribution in [0.3, 0.4) is 0 Å². The van der Waals surface area contributed by atoms with Gasteiger partial charge in [-0.25, -0.2) is 4.79 Å². The number of ether oxygens (including phenoxy) is 1. The number of aliphatic hydroxyl groups excluding tert-OH is 1. The second-order valence-electron chi connectivity index (χ2n) is 5.95. The van der Waals surface area contributed by atoms with Crippen LogP contribution in [-0.2, 0) is 0 Å². The number of hydrogen-bond donors (Lipinski definition) is 2.